The molecule has 0 fully saturated rings. The monoisotopic (exact) mass is 364 g/mol. The van der Waals surface area contributed by atoms with Crippen LogP contribution in [0.3, 0.4) is 0 Å². The van der Waals surface area contributed by atoms with Crippen LogP contribution >= 0.6 is 11.3 Å². The Kier molecular flexibility index (Phi) is 4.14. The number of nitrogens with one attached hydrogen (secondary N) is 2. The van der Waals surface area contributed by atoms with Gasteiger partial charge in [0.2, 0.25) is 0 Å². The molecule has 0 saturated heterocycles. The summed E-state index contributed by atoms with van der Waals surface area (Å²) in [5.74, 6) is 0. The second-order valence-corrected chi connectivity index (χ2v) is 6.87. The first-order chi connectivity index (χ1) is 12.6. The summed E-state index contributed by atoms with van der Waals surface area (Å²) in [4.78, 5) is 18.3. The van der Waals surface area contributed by atoms with E-state index in [-0.39, 0.29) is 16.7 Å². The molecule has 0 spiro atoms. The SMILES string of the molecule is Cc1[nH]c2ccccc2c1C(Nc1nccs1)c1ccc([N+](=O)[O-])cc1. The summed E-state index contributed by atoms with van der Waals surface area (Å²) >= 11 is 1.52. The van der Waals surface area contributed by atoms with Crippen molar-refractivity contribution in [3.05, 3.63) is 87.0 Å². The lowest BCUT2D eigenvalue weighted by Gasteiger charge is -2.20. The molecule has 1 atom stereocenters. The lowest BCUT2D eigenvalue weighted by atomic mass is 9.96. The number of aromatic nitrogens is 2. The Balaban J connectivity index is 1.85. The van der Waals surface area contributed by atoms with Gasteiger partial charge in [-0.1, -0.05) is 18.2 Å². The summed E-state index contributed by atoms with van der Waals surface area (Å²) < 4.78 is 0. The van der Waals surface area contributed by atoms with Gasteiger partial charge in [-0.3, -0.25) is 10.1 Å². The maximum absolute atomic E-state index is 11.0. The Morgan fingerprint density at radius 3 is 2.65 bits per heavy atom. The van der Waals surface area contributed by atoms with E-state index in [9.17, 15) is 10.1 Å². The third-order valence-electron chi connectivity index (χ3n) is 4.37. The number of nitrogens with zero attached hydrogens (tertiary/aromatic N) is 2. The normalized spacial score (nSPS) is 12.2. The third kappa shape index (κ3) is 2.93. The van der Waals surface area contributed by atoms with Gasteiger partial charge >= 0.3 is 0 Å². The molecule has 2 aromatic carbocycles. The van der Waals surface area contributed by atoms with Crippen LogP contribution in [0.25, 0.3) is 10.9 Å². The molecule has 2 aromatic heterocycles. The minimum Gasteiger partial charge on any atom is -0.358 e. The molecule has 0 aliphatic heterocycles. The maximum atomic E-state index is 11.0. The molecule has 7 heteroatoms. The van der Waals surface area contributed by atoms with Gasteiger partial charge in [0, 0.05) is 45.9 Å². The minimum atomic E-state index is -0.385. The summed E-state index contributed by atoms with van der Waals surface area (Å²) in [6.07, 6.45) is 1.75. The lowest BCUT2D eigenvalue weighted by Crippen LogP contribution is -2.13. The molecule has 0 bridgehead atoms. The van der Waals surface area contributed by atoms with Crippen molar-refractivity contribution < 1.29 is 4.92 Å². The van der Waals surface area contributed by atoms with Crippen molar-refractivity contribution >= 4 is 33.1 Å². The zero-order valence-corrected chi connectivity index (χ0v) is 14.8. The average Bonchev–Trinajstić information content (AvgIpc) is 3.26. The number of anilines is 1. The van der Waals surface area contributed by atoms with Crippen molar-refractivity contribution in [2.24, 2.45) is 0 Å². The molecule has 4 rings (SSSR count). The number of thiazole rings is 1. The van der Waals surface area contributed by atoms with Crippen molar-refractivity contribution in [3.63, 3.8) is 0 Å². The number of hydrogen-bond acceptors (Lipinski definition) is 5. The molecule has 0 aliphatic carbocycles. The zero-order valence-electron chi connectivity index (χ0n) is 14.0. The highest BCUT2D eigenvalue weighted by Crippen LogP contribution is 2.35. The number of fused-ring (bicyclic) bond motifs is 1. The Morgan fingerprint density at radius 2 is 1.96 bits per heavy atom. The van der Waals surface area contributed by atoms with Crippen molar-refractivity contribution in [2.75, 3.05) is 5.32 Å². The summed E-state index contributed by atoms with van der Waals surface area (Å²) in [6.45, 7) is 2.04. The van der Waals surface area contributed by atoms with E-state index in [0.717, 1.165) is 32.9 Å². The van der Waals surface area contributed by atoms with Crippen LogP contribution in [0.15, 0.2) is 60.1 Å². The smallest absolute Gasteiger partial charge is 0.269 e. The van der Waals surface area contributed by atoms with E-state index in [2.05, 4.69) is 21.4 Å². The number of aryl methyl sites for hydroxylation is 1. The second kappa shape index (κ2) is 6.61. The van der Waals surface area contributed by atoms with E-state index >= 15 is 0 Å². The number of rotatable bonds is 5. The van der Waals surface area contributed by atoms with Crippen LogP contribution in [0.1, 0.15) is 22.9 Å². The quantitative estimate of drug-likeness (QED) is 0.384. The first-order valence-corrected chi connectivity index (χ1v) is 8.99. The zero-order chi connectivity index (χ0) is 18.1. The largest absolute Gasteiger partial charge is 0.358 e. The molecule has 6 nitrogen and oxygen atoms in total. The molecule has 130 valence electrons. The number of para-hydroxylation sites is 1. The fourth-order valence-corrected chi connectivity index (χ4v) is 3.76. The molecule has 0 saturated carbocycles. The Morgan fingerprint density at radius 1 is 1.19 bits per heavy atom. The number of nitro groups is 1. The molecule has 0 radical (unpaired) electrons. The van der Waals surface area contributed by atoms with Gasteiger partial charge in [-0.05, 0) is 30.7 Å². The molecule has 4 aromatic rings. The first kappa shape index (κ1) is 16.3. The third-order valence-corrected chi connectivity index (χ3v) is 5.07. The van der Waals surface area contributed by atoms with E-state index < -0.39 is 0 Å². The van der Waals surface area contributed by atoms with Crippen LogP contribution in [-0.2, 0) is 0 Å². The molecule has 0 amide bonds. The summed E-state index contributed by atoms with van der Waals surface area (Å²) in [5.41, 5.74) is 4.26. The van der Waals surface area contributed by atoms with E-state index in [1.807, 2.05) is 30.5 Å². The number of hydrogen-bond donors (Lipinski definition) is 2. The molecule has 2 heterocycles. The van der Waals surface area contributed by atoms with Crippen LogP contribution in [0, 0.1) is 17.0 Å². The maximum Gasteiger partial charge on any atom is 0.269 e. The van der Waals surface area contributed by atoms with Crippen molar-refractivity contribution in [2.45, 2.75) is 13.0 Å². The number of nitro benzene ring substituents is 1. The van der Waals surface area contributed by atoms with Crippen LogP contribution in [-0.4, -0.2) is 14.9 Å². The van der Waals surface area contributed by atoms with Gasteiger partial charge in [-0.15, -0.1) is 11.3 Å². The fraction of sp³-hybridized carbons (Fsp3) is 0.105. The van der Waals surface area contributed by atoms with E-state index in [1.165, 1.54) is 23.5 Å². The predicted molar refractivity (Wildman–Crippen MR) is 104 cm³/mol. The van der Waals surface area contributed by atoms with Crippen LogP contribution in [0.5, 0.6) is 0 Å². The standard InChI is InChI=1S/C19H16N4O2S/c1-12-17(15-4-2-3-5-16(15)21-12)18(22-19-20-10-11-26-19)13-6-8-14(9-7-13)23(24)25/h2-11,18,21H,1H3,(H,20,22). The molecule has 26 heavy (non-hydrogen) atoms. The topological polar surface area (TPSA) is 83.8 Å². The Hall–Kier alpha value is -3.19. The highest BCUT2D eigenvalue weighted by Gasteiger charge is 2.22. The van der Waals surface area contributed by atoms with Crippen molar-refractivity contribution in [3.8, 4) is 0 Å². The van der Waals surface area contributed by atoms with Crippen LogP contribution < -0.4 is 5.32 Å². The van der Waals surface area contributed by atoms with Gasteiger partial charge in [-0.2, -0.15) is 0 Å². The van der Waals surface area contributed by atoms with Gasteiger partial charge in [0.05, 0.1) is 11.0 Å². The van der Waals surface area contributed by atoms with Crippen molar-refractivity contribution in [1.29, 1.82) is 0 Å². The number of H-pyrrole nitrogens is 1. The van der Waals surface area contributed by atoms with Gasteiger partial charge in [0.25, 0.3) is 5.69 Å². The molecular weight excluding hydrogens is 348 g/mol. The highest BCUT2D eigenvalue weighted by molar-refractivity contribution is 7.13. The van der Waals surface area contributed by atoms with Gasteiger partial charge in [-0.25, -0.2) is 4.98 Å². The number of non-ortho nitro benzene ring substituents is 1. The van der Waals surface area contributed by atoms with Gasteiger partial charge in [0.1, 0.15) is 0 Å². The van der Waals surface area contributed by atoms with Crippen molar-refractivity contribution in [1.82, 2.24) is 9.97 Å². The van der Waals surface area contributed by atoms with E-state index in [1.54, 1.807) is 18.3 Å². The molecule has 1 unspecified atom stereocenters. The average molecular weight is 364 g/mol. The lowest BCUT2D eigenvalue weighted by molar-refractivity contribution is -0.384. The predicted octanol–water partition coefficient (Wildman–Crippen LogP) is 5.04. The molecular formula is C19H16N4O2S. The number of benzene rings is 2. The highest BCUT2D eigenvalue weighted by atomic mass is 32.1. The second-order valence-electron chi connectivity index (χ2n) is 5.97. The van der Waals surface area contributed by atoms with E-state index in [4.69, 9.17) is 0 Å². The van der Waals surface area contributed by atoms with E-state index in [0.29, 0.717) is 0 Å². The van der Waals surface area contributed by atoms with Crippen LogP contribution in [0.2, 0.25) is 0 Å². The molecule has 0 aliphatic rings. The first-order valence-electron chi connectivity index (χ1n) is 8.11. The molecule has 2 N–H and O–H groups in total. The summed E-state index contributed by atoms with van der Waals surface area (Å²) in [7, 11) is 0. The van der Waals surface area contributed by atoms with Gasteiger partial charge in [0.15, 0.2) is 5.13 Å². The Labute approximate surface area is 153 Å². The van der Waals surface area contributed by atoms with Crippen LogP contribution in [0.4, 0.5) is 10.8 Å². The minimum absolute atomic E-state index is 0.0809. The fourth-order valence-electron chi connectivity index (χ4n) is 3.20. The van der Waals surface area contributed by atoms with Gasteiger partial charge < -0.3 is 10.3 Å². The Bertz CT molecular complexity index is 1060. The number of aromatic amines is 1. The summed E-state index contributed by atoms with van der Waals surface area (Å²) in [6, 6.07) is 14.6. The summed E-state index contributed by atoms with van der Waals surface area (Å²) in [5, 5.41) is 18.3.